The average molecular weight is 207 g/mol. The molecule has 0 atom stereocenters. The zero-order valence-corrected chi connectivity index (χ0v) is 8.12. The molecule has 0 aliphatic rings. The van der Waals surface area contributed by atoms with E-state index >= 15 is 0 Å². The minimum Gasteiger partial charge on any atom is -0.192 e. The Morgan fingerprint density at radius 1 is 1.06 bits per heavy atom. The van der Waals surface area contributed by atoms with E-state index in [0.29, 0.717) is 22.4 Å². The molecule has 2 aromatic rings. The van der Waals surface area contributed by atoms with E-state index in [1.54, 1.807) is 24.3 Å². The Morgan fingerprint density at radius 2 is 1.94 bits per heavy atom. The molecule has 0 unspecified atom stereocenters. The number of aromatic nitrogens is 3. The number of hydrogen-bond acceptors (Lipinski definition) is 5. The molecule has 74 valence electrons. The third kappa shape index (κ3) is 1.58. The van der Waals surface area contributed by atoms with Crippen LogP contribution in [0.1, 0.15) is 11.1 Å². The summed E-state index contributed by atoms with van der Waals surface area (Å²) in [7, 11) is 0. The third-order valence-electron chi connectivity index (χ3n) is 2.08. The Morgan fingerprint density at radius 3 is 2.56 bits per heavy atom. The summed E-state index contributed by atoms with van der Waals surface area (Å²) >= 11 is 0. The monoisotopic (exact) mass is 207 g/mol. The number of rotatable bonds is 1. The Bertz CT molecular complexity index is 592. The van der Waals surface area contributed by atoms with Crippen molar-refractivity contribution in [2.24, 2.45) is 0 Å². The molecule has 0 N–H and O–H groups in total. The molecule has 1 aromatic carbocycles. The van der Waals surface area contributed by atoms with Crippen LogP contribution in [0.15, 0.2) is 30.5 Å². The van der Waals surface area contributed by atoms with Gasteiger partial charge in [-0.05, 0) is 17.3 Å². The van der Waals surface area contributed by atoms with E-state index in [-0.39, 0.29) is 0 Å². The topological polar surface area (TPSA) is 86.2 Å². The highest BCUT2D eigenvalue weighted by Gasteiger charge is 2.10. The first kappa shape index (κ1) is 9.75. The van der Waals surface area contributed by atoms with Crippen LogP contribution in [0.4, 0.5) is 0 Å². The highest BCUT2D eigenvalue weighted by Crippen LogP contribution is 2.22. The summed E-state index contributed by atoms with van der Waals surface area (Å²) in [5, 5.41) is 28.8. The molecule has 0 aliphatic carbocycles. The Labute approximate surface area is 91.6 Å². The van der Waals surface area contributed by atoms with Crippen molar-refractivity contribution in [2.45, 2.75) is 0 Å². The first-order valence-corrected chi connectivity index (χ1v) is 4.45. The van der Waals surface area contributed by atoms with Gasteiger partial charge in [0.05, 0.1) is 23.0 Å². The second-order valence-electron chi connectivity index (χ2n) is 2.96. The van der Waals surface area contributed by atoms with Crippen LogP contribution in [0.5, 0.6) is 0 Å². The highest BCUT2D eigenvalue weighted by atomic mass is 15.3. The van der Waals surface area contributed by atoms with E-state index in [1.807, 2.05) is 12.1 Å². The molecule has 0 bridgehead atoms. The van der Waals surface area contributed by atoms with E-state index in [0.717, 1.165) is 0 Å². The first-order valence-electron chi connectivity index (χ1n) is 4.45. The number of nitriles is 2. The fourth-order valence-corrected chi connectivity index (χ4v) is 1.36. The number of hydrogen-bond donors (Lipinski definition) is 0. The van der Waals surface area contributed by atoms with Crippen LogP contribution in [-0.4, -0.2) is 15.4 Å². The maximum absolute atomic E-state index is 9.03. The molecule has 1 heterocycles. The minimum atomic E-state index is 0.311. The lowest BCUT2D eigenvalue weighted by Gasteiger charge is -2.02. The zero-order chi connectivity index (χ0) is 11.4. The fourth-order valence-electron chi connectivity index (χ4n) is 1.36. The van der Waals surface area contributed by atoms with E-state index in [2.05, 4.69) is 15.4 Å². The maximum atomic E-state index is 9.03. The highest BCUT2D eigenvalue weighted by molar-refractivity contribution is 5.70. The Kier molecular flexibility index (Phi) is 2.53. The quantitative estimate of drug-likeness (QED) is 0.703. The Hall–Kier alpha value is -2.79. The zero-order valence-electron chi connectivity index (χ0n) is 8.12. The molecule has 2 rings (SSSR count). The van der Waals surface area contributed by atoms with Gasteiger partial charge in [0.1, 0.15) is 12.1 Å². The lowest BCUT2D eigenvalue weighted by Crippen LogP contribution is -1.94. The summed E-state index contributed by atoms with van der Waals surface area (Å²) < 4.78 is 0. The summed E-state index contributed by atoms with van der Waals surface area (Å²) in [4.78, 5) is 0. The van der Waals surface area contributed by atoms with Crippen molar-refractivity contribution in [3.63, 3.8) is 0 Å². The lowest BCUT2D eigenvalue weighted by molar-refractivity contribution is 0.870. The summed E-state index contributed by atoms with van der Waals surface area (Å²) in [5.41, 5.74) is 1.77. The van der Waals surface area contributed by atoms with Gasteiger partial charge >= 0.3 is 0 Å². The normalized spacial score (nSPS) is 9.12. The van der Waals surface area contributed by atoms with Crippen molar-refractivity contribution in [2.75, 3.05) is 0 Å². The van der Waals surface area contributed by atoms with Crippen molar-refractivity contribution in [1.82, 2.24) is 15.4 Å². The van der Waals surface area contributed by atoms with Crippen LogP contribution >= 0.6 is 0 Å². The van der Waals surface area contributed by atoms with Gasteiger partial charge < -0.3 is 0 Å². The largest absolute Gasteiger partial charge is 0.192 e. The van der Waals surface area contributed by atoms with Gasteiger partial charge in [0.2, 0.25) is 0 Å². The molecule has 16 heavy (non-hydrogen) atoms. The van der Waals surface area contributed by atoms with Gasteiger partial charge in [0.15, 0.2) is 0 Å². The van der Waals surface area contributed by atoms with Crippen LogP contribution in [0.3, 0.4) is 0 Å². The average Bonchev–Trinajstić information content (AvgIpc) is 2.38. The predicted octanol–water partition coefficient (Wildman–Crippen LogP) is 1.28. The maximum Gasteiger partial charge on any atom is 0.101 e. The second kappa shape index (κ2) is 4.16. The molecular formula is C11H5N5. The van der Waals surface area contributed by atoms with E-state index in [9.17, 15) is 0 Å². The van der Waals surface area contributed by atoms with Gasteiger partial charge in [-0.1, -0.05) is 12.1 Å². The van der Waals surface area contributed by atoms with E-state index < -0.39 is 0 Å². The van der Waals surface area contributed by atoms with Crippen LogP contribution < -0.4 is 0 Å². The molecule has 0 spiro atoms. The van der Waals surface area contributed by atoms with Crippen molar-refractivity contribution < 1.29 is 0 Å². The van der Waals surface area contributed by atoms with Gasteiger partial charge in [0.25, 0.3) is 0 Å². The van der Waals surface area contributed by atoms with Gasteiger partial charge in [-0.15, -0.1) is 10.2 Å². The van der Waals surface area contributed by atoms with Crippen molar-refractivity contribution >= 4 is 0 Å². The molecule has 0 amide bonds. The molecule has 0 saturated heterocycles. The summed E-state index contributed by atoms with van der Waals surface area (Å²) in [6.45, 7) is 0. The Balaban J connectivity index is 2.69. The summed E-state index contributed by atoms with van der Waals surface area (Å²) in [5.74, 6) is 0. The van der Waals surface area contributed by atoms with Crippen molar-refractivity contribution in [1.29, 1.82) is 10.5 Å². The molecule has 0 saturated carbocycles. The minimum absolute atomic E-state index is 0.311. The van der Waals surface area contributed by atoms with Crippen LogP contribution in [0.2, 0.25) is 0 Å². The van der Waals surface area contributed by atoms with Crippen molar-refractivity contribution in [3.8, 4) is 23.4 Å². The molecule has 0 fully saturated rings. The standard InChI is InChI=1S/C11H5N5/c12-6-8-2-1-3-9(10(8)7-13)11-4-5-14-16-15-11/h1-5H. The number of nitrogens with zero attached hydrogens (tertiary/aromatic N) is 5. The van der Waals surface area contributed by atoms with Gasteiger partial charge in [-0.2, -0.15) is 10.5 Å². The fraction of sp³-hybridized carbons (Fsp3) is 0. The first-order chi connectivity index (χ1) is 7.86. The second-order valence-corrected chi connectivity index (χ2v) is 2.96. The van der Waals surface area contributed by atoms with Crippen LogP contribution in [-0.2, 0) is 0 Å². The van der Waals surface area contributed by atoms with E-state index in [1.165, 1.54) is 6.20 Å². The predicted molar refractivity (Wildman–Crippen MR) is 54.7 cm³/mol. The lowest BCUT2D eigenvalue weighted by atomic mass is 10.0. The van der Waals surface area contributed by atoms with Gasteiger partial charge in [0, 0.05) is 5.56 Å². The van der Waals surface area contributed by atoms with Gasteiger partial charge in [-0.3, -0.25) is 0 Å². The number of benzene rings is 1. The molecule has 0 radical (unpaired) electrons. The molecule has 1 aromatic heterocycles. The van der Waals surface area contributed by atoms with Crippen molar-refractivity contribution in [3.05, 3.63) is 41.6 Å². The SMILES string of the molecule is N#Cc1cccc(-c2ccnnn2)c1C#N. The smallest absolute Gasteiger partial charge is 0.101 e. The third-order valence-corrected chi connectivity index (χ3v) is 2.08. The van der Waals surface area contributed by atoms with E-state index in [4.69, 9.17) is 10.5 Å². The molecule has 0 aliphatic heterocycles. The van der Waals surface area contributed by atoms with Gasteiger partial charge in [-0.25, -0.2) is 0 Å². The molecule has 5 heteroatoms. The molecular weight excluding hydrogens is 202 g/mol. The summed E-state index contributed by atoms with van der Waals surface area (Å²) in [6, 6.07) is 10.6. The summed E-state index contributed by atoms with van der Waals surface area (Å²) in [6.07, 6.45) is 1.49. The molecule has 5 nitrogen and oxygen atoms in total. The van der Waals surface area contributed by atoms with Crippen LogP contribution in [0, 0.1) is 22.7 Å². The van der Waals surface area contributed by atoms with Crippen LogP contribution in [0.25, 0.3) is 11.3 Å².